The van der Waals surface area contributed by atoms with Crippen LogP contribution in [0.2, 0.25) is 0 Å². The summed E-state index contributed by atoms with van der Waals surface area (Å²) in [5, 5.41) is 10.2. The first-order chi connectivity index (χ1) is 11.1. The molecule has 0 spiro atoms. The van der Waals surface area contributed by atoms with E-state index in [2.05, 4.69) is 9.98 Å². The summed E-state index contributed by atoms with van der Waals surface area (Å²) in [6.07, 6.45) is -3.00. The number of imidazole rings is 1. The van der Waals surface area contributed by atoms with E-state index in [4.69, 9.17) is 10.5 Å². The highest BCUT2D eigenvalue weighted by molar-refractivity contribution is 5.78. The summed E-state index contributed by atoms with van der Waals surface area (Å²) in [5.74, 6) is -0.321. The number of aryl methyl sites for hydroxylation is 1. The van der Waals surface area contributed by atoms with Crippen molar-refractivity contribution in [2.24, 2.45) is 17.8 Å². The van der Waals surface area contributed by atoms with Gasteiger partial charge in [-0.25, -0.2) is 4.98 Å². The van der Waals surface area contributed by atoms with E-state index in [1.54, 1.807) is 4.90 Å². The molecule has 0 saturated carbocycles. The van der Waals surface area contributed by atoms with Crippen LogP contribution in [0.5, 0.6) is 0 Å². The molecule has 2 unspecified atom stereocenters. The third-order valence-electron chi connectivity index (χ3n) is 3.97. The zero-order valence-electron chi connectivity index (χ0n) is 13.6. The molecular weight excluding hydrogens is 327 g/mol. The van der Waals surface area contributed by atoms with Gasteiger partial charge in [0, 0.05) is 45.5 Å². The normalized spacial score (nSPS) is 22.5. The molecule has 0 aliphatic carbocycles. The highest BCUT2D eigenvalue weighted by Gasteiger charge is 2.57. The maximum Gasteiger partial charge on any atom is 0.424 e. The van der Waals surface area contributed by atoms with Crippen LogP contribution in [0.1, 0.15) is 19.2 Å². The van der Waals surface area contributed by atoms with E-state index < -0.39 is 24.0 Å². The molecule has 1 fully saturated rings. The van der Waals surface area contributed by atoms with Gasteiger partial charge in [-0.3, -0.25) is 4.99 Å². The van der Waals surface area contributed by atoms with Crippen molar-refractivity contribution in [3.8, 4) is 0 Å². The molecule has 136 valence electrons. The first-order valence-electron chi connectivity index (χ1n) is 7.58. The fraction of sp³-hybridized carbons (Fsp3) is 0.714. The van der Waals surface area contributed by atoms with E-state index in [0.29, 0.717) is 19.7 Å². The molecule has 1 aromatic rings. The topological polar surface area (TPSA) is 88.9 Å². The van der Waals surface area contributed by atoms with Crippen LogP contribution in [-0.2, 0) is 17.4 Å². The number of nitrogens with two attached hydrogens (primary N) is 1. The van der Waals surface area contributed by atoms with E-state index in [1.807, 2.05) is 6.92 Å². The van der Waals surface area contributed by atoms with Crippen molar-refractivity contribution in [1.29, 1.82) is 0 Å². The molecule has 10 heteroatoms. The first-order valence-corrected chi connectivity index (χ1v) is 7.58. The summed E-state index contributed by atoms with van der Waals surface area (Å²) < 4.78 is 46.6. The monoisotopic (exact) mass is 349 g/mol. The van der Waals surface area contributed by atoms with Crippen molar-refractivity contribution in [1.82, 2.24) is 14.5 Å². The number of aliphatic imine (C=N–C) groups is 1. The van der Waals surface area contributed by atoms with E-state index >= 15 is 0 Å². The summed E-state index contributed by atoms with van der Waals surface area (Å²) in [6.45, 7) is 3.14. The minimum absolute atomic E-state index is 0.0211. The van der Waals surface area contributed by atoms with Crippen LogP contribution in [-0.4, -0.2) is 64.0 Å². The Bertz CT molecular complexity index is 589. The van der Waals surface area contributed by atoms with Gasteiger partial charge in [0.1, 0.15) is 5.82 Å². The Morgan fingerprint density at radius 2 is 2.25 bits per heavy atom. The molecule has 0 radical (unpaired) electrons. The quantitative estimate of drug-likeness (QED) is 0.614. The zero-order chi connectivity index (χ0) is 18.0. The number of hydrogen-bond donors (Lipinski definition) is 2. The predicted molar refractivity (Wildman–Crippen MR) is 81.3 cm³/mol. The molecule has 1 aliphatic heterocycles. The maximum absolute atomic E-state index is 13.4. The van der Waals surface area contributed by atoms with Gasteiger partial charge in [-0.1, -0.05) is 0 Å². The zero-order valence-corrected chi connectivity index (χ0v) is 13.6. The van der Waals surface area contributed by atoms with Crippen LogP contribution in [0.4, 0.5) is 13.2 Å². The Morgan fingerprint density at radius 1 is 1.54 bits per heavy atom. The summed E-state index contributed by atoms with van der Waals surface area (Å²) >= 11 is 0. The molecule has 1 aliphatic rings. The molecule has 3 N–H and O–H groups in total. The second kappa shape index (κ2) is 6.98. The maximum atomic E-state index is 13.4. The average Bonchev–Trinajstić information content (AvgIpc) is 2.92. The Hall–Kier alpha value is -1.81. The lowest BCUT2D eigenvalue weighted by Crippen LogP contribution is -2.48. The lowest BCUT2D eigenvalue weighted by molar-refractivity contribution is -0.272. The fourth-order valence-electron chi connectivity index (χ4n) is 2.60. The second-order valence-electron chi connectivity index (χ2n) is 5.84. The lowest BCUT2D eigenvalue weighted by atomic mass is 9.98. The Kier molecular flexibility index (Phi) is 5.38. The third kappa shape index (κ3) is 3.81. The lowest BCUT2D eigenvalue weighted by Gasteiger charge is -2.32. The van der Waals surface area contributed by atoms with Crippen LogP contribution in [0.3, 0.4) is 0 Å². The molecule has 24 heavy (non-hydrogen) atoms. The summed E-state index contributed by atoms with van der Waals surface area (Å²) in [4.78, 5) is 9.38. The first kappa shape index (κ1) is 18.5. The van der Waals surface area contributed by atoms with Gasteiger partial charge in [0.25, 0.3) is 0 Å². The van der Waals surface area contributed by atoms with Gasteiger partial charge in [-0.15, -0.1) is 0 Å². The number of aromatic nitrogens is 2. The van der Waals surface area contributed by atoms with Gasteiger partial charge >= 0.3 is 6.18 Å². The number of ether oxygens (including phenoxy) is 1. The van der Waals surface area contributed by atoms with Crippen molar-refractivity contribution in [3.05, 3.63) is 18.2 Å². The third-order valence-corrected chi connectivity index (χ3v) is 3.97. The van der Waals surface area contributed by atoms with Crippen molar-refractivity contribution < 1.29 is 23.0 Å². The fourth-order valence-corrected chi connectivity index (χ4v) is 2.60. The van der Waals surface area contributed by atoms with Crippen molar-refractivity contribution in [3.63, 3.8) is 0 Å². The smallest absolute Gasteiger partial charge is 0.375 e. The van der Waals surface area contributed by atoms with Crippen molar-refractivity contribution in [2.45, 2.75) is 31.2 Å². The number of aliphatic hydroxyl groups is 1. The molecule has 7 nitrogen and oxygen atoms in total. The molecular formula is C14H22F3N5O2. The molecule has 1 saturated heterocycles. The van der Waals surface area contributed by atoms with E-state index in [0.717, 1.165) is 4.57 Å². The van der Waals surface area contributed by atoms with E-state index in [1.165, 1.54) is 19.4 Å². The second-order valence-corrected chi connectivity index (χ2v) is 5.84. The van der Waals surface area contributed by atoms with Crippen LogP contribution in [0.25, 0.3) is 0 Å². The van der Waals surface area contributed by atoms with Gasteiger partial charge < -0.3 is 25.0 Å². The molecule has 2 heterocycles. The van der Waals surface area contributed by atoms with Gasteiger partial charge in [0.2, 0.25) is 5.60 Å². The Morgan fingerprint density at radius 3 is 2.79 bits per heavy atom. The molecule has 0 aromatic carbocycles. The predicted octanol–water partition coefficient (Wildman–Crippen LogP) is 0.595. The number of nitrogens with zero attached hydrogens (tertiary/aromatic N) is 4. The number of guanidine groups is 1. The molecule has 0 amide bonds. The summed E-state index contributed by atoms with van der Waals surface area (Å²) in [5.41, 5.74) is 2.76. The van der Waals surface area contributed by atoms with Crippen molar-refractivity contribution >= 4 is 5.96 Å². The molecule has 0 bridgehead atoms. The van der Waals surface area contributed by atoms with Crippen LogP contribution < -0.4 is 5.73 Å². The standard InChI is InChI=1S/C14H22F3N5O2/c1-10-9-22(7-8-24-10)12(18)20-4-3-13(23,14(15,16)17)11-19-5-6-21(11)2/h5-6,10,23H,3-4,7-9H2,1-2H3,(H2,18,20). The summed E-state index contributed by atoms with van der Waals surface area (Å²) in [7, 11) is 1.39. The van der Waals surface area contributed by atoms with E-state index in [9.17, 15) is 18.3 Å². The molecule has 2 rings (SSSR count). The van der Waals surface area contributed by atoms with Crippen LogP contribution >= 0.6 is 0 Å². The average molecular weight is 349 g/mol. The van der Waals surface area contributed by atoms with Crippen molar-refractivity contribution in [2.75, 3.05) is 26.2 Å². The van der Waals surface area contributed by atoms with Gasteiger partial charge in [-0.2, -0.15) is 13.2 Å². The number of morpholine rings is 1. The largest absolute Gasteiger partial charge is 0.424 e. The number of hydrogen-bond acceptors (Lipinski definition) is 4. The molecule has 2 atom stereocenters. The van der Waals surface area contributed by atoms with Gasteiger partial charge in [-0.05, 0) is 6.92 Å². The number of rotatable bonds is 4. The van der Waals surface area contributed by atoms with Crippen LogP contribution in [0, 0.1) is 0 Å². The van der Waals surface area contributed by atoms with Gasteiger partial charge in [0.15, 0.2) is 5.96 Å². The SMILES string of the molecule is CC1CN(C(N)=NCCC(O)(c2nccn2C)C(F)(F)F)CCO1. The minimum Gasteiger partial charge on any atom is -0.375 e. The number of halogens is 3. The van der Waals surface area contributed by atoms with E-state index in [-0.39, 0.29) is 18.6 Å². The highest BCUT2D eigenvalue weighted by Crippen LogP contribution is 2.40. The Labute approximate surface area is 137 Å². The van der Waals surface area contributed by atoms with Gasteiger partial charge in [0.05, 0.1) is 12.7 Å². The molecule has 1 aromatic heterocycles. The summed E-state index contributed by atoms with van der Waals surface area (Å²) in [6, 6.07) is 0. The van der Waals surface area contributed by atoms with Crippen LogP contribution in [0.15, 0.2) is 17.4 Å². The number of alkyl halides is 3. The Balaban J connectivity index is 2.09. The minimum atomic E-state index is -4.87. The highest BCUT2D eigenvalue weighted by atomic mass is 19.4.